The molecule has 2 aliphatic heterocycles. The molecule has 1 amide bonds. The number of morpholine rings is 1. The van der Waals surface area contributed by atoms with Gasteiger partial charge in [-0.25, -0.2) is 0 Å². The van der Waals surface area contributed by atoms with Crippen LogP contribution in [0.25, 0.3) is 0 Å². The van der Waals surface area contributed by atoms with Crippen molar-refractivity contribution in [3.05, 3.63) is 17.5 Å². The van der Waals surface area contributed by atoms with Crippen LogP contribution in [0, 0.1) is 18.3 Å². The van der Waals surface area contributed by atoms with Crippen molar-refractivity contribution in [2.75, 3.05) is 53.0 Å². The standard InChI is InChI=1S/C20H34N4O3/c1-15-17(12-21-23(15)5)18-16(6-9-27-18)19(25)22(4)13-20(2,3)14-24-7-10-26-11-8-24/h12,16,18H,6-11,13-14H2,1-5H3/t16-,18-/m0/s1. The van der Waals surface area contributed by atoms with E-state index in [4.69, 9.17) is 9.47 Å². The van der Waals surface area contributed by atoms with E-state index in [-0.39, 0.29) is 23.3 Å². The Morgan fingerprint density at radius 3 is 2.67 bits per heavy atom. The topological polar surface area (TPSA) is 59.8 Å². The van der Waals surface area contributed by atoms with Crippen molar-refractivity contribution >= 4 is 5.91 Å². The van der Waals surface area contributed by atoms with Gasteiger partial charge in [0.25, 0.3) is 0 Å². The zero-order valence-electron chi connectivity index (χ0n) is 17.4. The molecular formula is C20H34N4O3. The van der Waals surface area contributed by atoms with Gasteiger partial charge >= 0.3 is 0 Å². The van der Waals surface area contributed by atoms with E-state index in [1.807, 2.05) is 36.8 Å². The second kappa shape index (κ2) is 8.29. The summed E-state index contributed by atoms with van der Waals surface area (Å²) in [5.74, 6) is 0.0490. The summed E-state index contributed by atoms with van der Waals surface area (Å²) in [6, 6.07) is 0. The van der Waals surface area contributed by atoms with E-state index in [1.165, 1.54) is 0 Å². The molecule has 7 heteroatoms. The van der Waals surface area contributed by atoms with Gasteiger partial charge in [-0.2, -0.15) is 5.10 Å². The average molecular weight is 379 g/mol. The van der Waals surface area contributed by atoms with Crippen LogP contribution in [-0.4, -0.2) is 78.5 Å². The van der Waals surface area contributed by atoms with Crippen molar-refractivity contribution in [1.82, 2.24) is 19.6 Å². The van der Waals surface area contributed by atoms with E-state index >= 15 is 0 Å². The molecule has 2 atom stereocenters. The summed E-state index contributed by atoms with van der Waals surface area (Å²) in [5, 5.41) is 4.32. The van der Waals surface area contributed by atoms with Crippen LogP contribution < -0.4 is 0 Å². The van der Waals surface area contributed by atoms with Crippen LogP contribution in [0.1, 0.15) is 37.6 Å². The Morgan fingerprint density at radius 2 is 2.04 bits per heavy atom. The van der Waals surface area contributed by atoms with Gasteiger partial charge in [-0.3, -0.25) is 14.4 Å². The Balaban J connectivity index is 1.62. The highest BCUT2D eigenvalue weighted by Crippen LogP contribution is 2.37. The number of rotatable bonds is 6. The molecule has 0 aliphatic carbocycles. The first-order valence-corrected chi connectivity index (χ1v) is 9.94. The molecule has 3 rings (SSSR count). The highest BCUT2D eigenvalue weighted by atomic mass is 16.5. The number of aryl methyl sites for hydroxylation is 1. The summed E-state index contributed by atoms with van der Waals surface area (Å²) in [7, 11) is 3.85. The largest absolute Gasteiger partial charge is 0.379 e. The van der Waals surface area contributed by atoms with E-state index in [0.29, 0.717) is 6.61 Å². The highest BCUT2D eigenvalue weighted by Gasteiger charge is 2.39. The van der Waals surface area contributed by atoms with Crippen molar-refractivity contribution < 1.29 is 14.3 Å². The third kappa shape index (κ3) is 4.70. The van der Waals surface area contributed by atoms with Gasteiger partial charge in [0.1, 0.15) is 0 Å². The number of hydrogen-bond acceptors (Lipinski definition) is 5. The van der Waals surface area contributed by atoms with E-state index in [0.717, 1.165) is 57.1 Å². The fourth-order valence-corrected chi connectivity index (χ4v) is 4.36. The molecule has 27 heavy (non-hydrogen) atoms. The SMILES string of the molecule is Cc1c([C@H]2OCC[C@@H]2C(=O)N(C)CC(C)(C)CN2CCOCC2)cnn1C. The maximum absolute atomic E-state index is 13.2. The molecule has 0 bridgehead atoms. The van der Waals surface area contributed by atoms with Crippen molar-refractivity contribution in [3.63, 3.8) is 0 Å². The van der Waals surface area contributed by atoms with E-state index < -0.39 is 0 Å². The third-order valence-electron chi connectivity index (χ3n) is 5.79. The van der Waals surface area contributed by atoms with Gasteiger partial charge in [-0.05, 0) is 18.8 Å². The lowest BCUT2D eigenvalue weighted by Crippen LogP contribution is -2.47. The molecule has 2 fully saturated rings. The Morgan fingerprint density at radius 1 is 1.33 bits per heavy atom. The van der Waals surface area contributed by atoms with Crippen molar-refractivity contribution in [2.45, 2.75) is 33.3 Å². The number of ether oxygens (including phenoxy) is 2. The molecule has 0 radical (unpaired) electrons. The fraction of sp³-hybridized carbons (Fsp3) is 0.800. The normalized spacial score (nSPS) is 24.3. The van der Waals surface area contributed by atoms with Crippen molar-refractivity contribution in [2.24, 2.45) is 18.4 Å². The molecule has 0 unspecified atom stereocenters. The number of aromatic nitrogens is 2. The minimum Gasteiger partial charge on any atom is -0.379 e. The Labute approximate surface area is 162 Å². The molecule has 152 valence electrons. The molecule has 0 aromatic carbocycles. The molecule has 1 aromatic heterocycles. The molecular weight excluding hydrogens is 344 g/mol. The number of hydrogen-bond donors (Lipinski definition) is 0. The first-order valence-electron chi connectivity index (χ1n) is 9.94. The molecule has 3 heterocycles. The van der Waals surface area contributed by atoms with Gasteiger partial charge in [-0.1, -0.05) is 13.8 Å². The maximum Gasteiger partial charge on any atom is 0.228 e. The zero-order chi connectivity index (χ0) is 19.6. The maximum atomic E-state index is 13.2. The second-order valence-electron chi connectivity index (χ2n) is 8.74. The Hall–Kier alpha value is -1.44. The molecule has 1 aromatic rings. The van der Waals surface area contributed by atoms with Crippen LogP contribution >= 0.6 is 0 Å². The van der Waals surface area contributed by atoms with Gasteiger partial charge in [0.15, 0.2) is 0 Å². The van der Waals surface area contributed by atoms with E-state index in [9.17, 15) is 4.79 Å². The minimum atomic E-state index is -0.184. The smallest absolute Gasteiger partial charge is 0.228 e. The number of amides is 1. The van der Waals surface area contributed by atoms with Gasteiger partial charge in [0, 0.05) is 58.1 Å². The molecule has 0 saturated carbocycles. The Kier molecular flexibility index (Phi) is 6.23. The van der Waals surface area contributed by atoms with E-state index in [1.54, 1.807) is 0 Å². The molecule has 0 spiro atoms. The summed E-state index contributed by atoms with van der Waals surface area (Å²) in [6.07, 6.45) is 2.43. The zero-order valence-corrected chi connectivity index (χ0v) is 17.4. The van der Waals surface area contributed by atoms with Crippen LogP contribution in [0.2, 0.25) is 0 Å². The lowest BCUT2D eigenvalue weighted by atomic mass is 9.90. The highest BCUT2D eigenvalue weighted by molar-refractivity contribution is 5.79. The predicted octanol–water partition coefficient (Wildman–Crippen LogP) is 1.62. The summed E-state index contributed by atoms with van der Waals surface area (Å²) < 4.78 is 13.2. The monoisotopic (exact) mass is 378 g/mol. The van der Waals surface area contributed by atoms with Gasteiger partial charge in [0.2, 0.25) is 5.91 Å². The van der Waals surface area contributed by atoms with Gasteiger partial charge in [0.05, 0.1) is 31.4 Å². The summed E-state index contributed by atoms with van der Waals surface area (Å²) in [4.78, 5) is 17.5. The second-order valence-corrected chi connectivity index (χ2v) is 8.74. The lowest BCUT2D eigenvalue weighted by molar-refractivity contribution is -0.137. The molecule has 0 N–H and O–H groups in total. The summed E-state index contributed by atoms with van der Waals surface area (Å²) >= 11 is 0. The third-order valence-corrected chi connectivity index (χ3v) is 5.79. The van der Waals surface area contributed by atoms with Crippen LogP contribution in [-0.2, 0) is 21.3 Å². The summed E-state index contributed by atoms with van der Waals surface area (Å²) in [5.41, 5.74) is 2.13. The number of carbonyl (C=O) groups excluding carboxylic acids is 1. The number of carbonyl (C=O) groups is 1. The minimum absolute atomic E-state index is 0.0287. The first-order chi connectivity index (χ1) is 12.8. The predicted molar refractivity (Wildman–Crippen MR) is 103 cm³/mol. The van der Waals surface area contributed by atoms with Crippen molar-refractivity contribution in [3.8, 4) is 0 Å². The Bertz CT molecular complexity index is 652. The average Bonchev–Trinajstić information content (AvgIpc) is 3.21. The fourth-order valence-electron chi connectivity index (χ4n) is 4.36. The molecule has 2 saturated heterocycles. The number of nitrogens with zero attached hydrogens (tertiary/aromatic N) is 4. The van der Waals surface area contributed by atoms with E-state index in [2.05, 4.69) is 23.8 Å². The summed E-state index contributed by atoms with van der Waals surface area (Å²) in [6.45, 7) is 12.4. The molecule has 2 aliphatic rings. The van der Waals surface area contributed by atoms with Crippen LogP contribution in [0.4, 0.5) is 0 Å². The van der Waals surface area contributed by atoms with Crippen LogP contribution in [0.15, 0.2) is 6.20 Å². The van der Waals surface area contributed by atoms with Crippen molar-refractivity contribution in [1.29, 1.82) is 0 Å². The lowest BCUT2D eigenvalue weighted by Gasteiger charge is -2.37. The van der Waals surface area contributed by atoms with Gasteiger partial charge < -0.3 is 14.4 Å². The first kappa shape index (κ1) is 20.3. The molecule has 7 nitrogen and oxygen atoms in total. The van der Waals surface area contributed by atoms with Crippen LogP contribution in [0.3, 0.4) is 0 Å². The quantitative estimate of drug-likeness (QED) is 0.753. The van der Waals surface area contributed by atoms with Gasteiger partial charge in [-0.15, -0.1) is 0 Å². The van der Waals surface area contributed by atoms with Crippen LogP contribution in [0.5, 0.6) is 0 Å².